The second-order valence-electron chi connectivity index (χ2n) is 5.57. The van der Waals surface area contributed by atoms with Gasteiger partial charge in [-0.15, -0.1) is 0 Å². The predicted octanol–water partition coefficient (Wildman–Crippen LogP) is 1.93. The monoisotopic (exact) mass is 298 g/mol. The number of hydrogen-bond donors (Lipinski definition) is 1. The van der Waals surface area contributed by atoms with Crippen LogP contribution < -0.4 is 15.1 Å². The van der Waals surface area contributed by atoms with E-state index in [1.54, 1.807) is 17.3 Å². The zero-order valence-electron chi connectivity index (χ0n) is 12.3. The van der Waals surface area contributed by atoms with Gasteiger partial charge in [0.2, 0.25) is 5.95 Å². The molecule has 1 saturated heterocycles. The molecule has 0 unspecified atom stereocenters. The Morgan fingerprint density at radius 3 is 2.82 bits per heavy atom. The molecule has 2 aromatic rings. The van der Waals surface area contributed by atoms with Crippen molar-refractivity contribution < 1.29 is 4.79 Å². The summed E-state index contributed by atoms with van der Waals surface area (Å²) in [5.41, 5.74) is 0.763. The van der Waals surface area contributed by atoms with Crippen molar-refractivity contribution in [3.8, 4) is 0 Å². The number of aromatic nitrogens is 3. The van der Waals surface area contributed by atoms with Gasteiger partial charge in [0.15, 0.2) is 5.82 Å². The van der Waals surface area contributed by atoms with E-state index in [0.717, 1.165) is 31.1 Å². The van der Waals surface area contributed by atoms with Crippen molar-refractivity contribution in [2.75, 3.05) is 34.8 Å². The Hall–Kier alpha value is -2.57. The van der Waals surface area contributed by atoms with Gasteiger partial charge in [0.1, 0.15) is 0 Å². The van der Waals surface area contributed by atoms with Crippen LogP contribution in [-0.2, 0) is 6.54 Å². The Morgan fingerprint density at radius 1 is 1.09 bits per heavy atom. The van der Waals surface area contributed by atoms with Crippen molar-refractivity contribution in [3.05, 3.63) is 30.7 Å². The van der Waals surface area contributed by atoms with Crippen LogP contribution in [0.15, 0.2) is 30.7 Å². The summed E-state index contributed by atoms with van der Waals surface area (Å²) in [6.07, 6.45) is 7.73. The van der Waals surface area contributed by atoms with E-state index in [2.05, 4.69) is 20.2 Å². The van der Waals surface area contributed by atoms with Crippen LogP contribution in [0.25, 0.3) is 0 Å². The number of urea groups is 1. The van der Waals surface area contributed by atoms with Crippen molar-refractivity contribution in [1.29, 1.82) is 0 Å². The summed E-state index contributed by atoms with van der Waals surface area (Å²) in [4.78, 5) is 25.1. The Morgan fingerprint density at radius 2 is 1.95 bits per heavy atom. The molecule has 4 heterocycles. The number of amides is 2. The summed E-state index contributed by atoms with van der Waals surface area (Å²) in [5, 5.41) is 2.99. The average Bonchev–Trinajstić information content (AvgIpc) is 3.25. The summed E-state index contributed by atoms with van der Waals surface area (Å²) >= 11 is 0. The van der Waals surface area contributed by atoms with E-state index in [0.29, 0.717) is 12.5 Å². The van der Waals surface area contributed by atoms with E-state index >= 15 is 0 Å². The van der Waals surface area contributed by atoms with Crippen molar-refractivity contribution in [3.63, 3.8) is 0 Å². The largest absolute Gasteiger partial charge is 0.355 e. The number of anilines is 3. The lowest BCUT2D eigenvalue weighted by molar-refractivity contribution is 0.257. The maximum Gasteiger partial charge on any atom is 0.328 e. The molecule has 2 aliphatic rings. The lowest BCUT2D eigenvalue weighted by atomic mass is 10.3. The third-order valence-corrected chi connectivity index (χ3v) is 4.18. The molecule has 7 nitrogen and oxygen atoms in total. The van der Waals surface area contributed by atoms with Crippen LogP contribution in [-0.4, -0.2) is 40.2 Å². The lowest BCUT2D eigenvalue weighted by Crippen LogP contribution is -2.34. The highest BCUT2D eigenvalue weighted by atomic mass is 16.2. The topological polar surface area (TPSA) is 66.3 Å². The summed E-state index contributed by atoms with van der Waals surface area (Å²) in [6, 6.07) is 3.60. The molecule has 2 aliphatic heterocycles. The molecule has 7 heteroatoms. The van der Waals surface area contributed by atoms with Crippen molar-refractivity contribution >= 4 is 23.5 Å². The summed E-state index contributed by atoms with van der Waals surface area (Å²) in [5.74, 6) is 1.56. The zero-order chi connectivity index (χ0) is 14.9. The number of rotatable bonds is 2. The molecule has 1 N–H and O–H groups in total. The minimum Gasteiger partial charge on any atom is -0.355 e. The summed E-state index contributed by atoms with van der Waals surface area (Å²) < 4.78 is 1.98. The maximum atomic E-state index is 12.6. The van der Waals surface area contributed by atoms with E-state index in [9.17, 15) is 4.79 Å². The van der Waals surface area contributed by atoms with Gasteiger partial charge in [-0.05, 0) is 25.0 Å². The molecular formula is C15H18N6O. The van der Waals surface area contributed by atoms with Gasteiger partial charge in [-0.1, -0.05) is 0 Å². The predicted molar refractivity (Wildman–Crippen MR) is 84.3 cm³/mol. The van der Waals surface area contributed by atoms with Gasteiger partial charge in [-0.3, -0.25) is 4.90 Å². The molecule has 22 heavy (non-hydrogen) atoms. The van der Waals surface area contributed by atoms with Gasteiger partial charge in [-0.25, -0.2) is 14.8 Å². The van der Waals surface area contributed by atoms with Gasteiger partial charge in [0.05, 0.1) is 5.69 Å². The molecule has 0 saturated carbocycles. The maximum absolute atomic E-state index is 12.6. The third kappa shape index (κ3) is 2.18. The number of nitrogens with one attached hydrogen (secondary N) is 1. The van der Waals surface area contributed by atoms with E-state index in [-0.39, 0.29) is 6.03 Å². The molecule has 0 atom stereocenters. The Bertz CT molecular complexity index is 691. The first-order valence-corrected chi connectivity index (χ1v) is 7.62. The zero-order valence-corrected chi connectivity index (χ0v) is 12.3. The minimum absolute atomic E-state index is 0.154. The SMILES string of the molecule is O=C(Nc1cccnc1N1CCCC1)N1CCn2ccnc21. The van der Waals surface area contributed by atoms with Crippen LogP contribution in [0.4, 0.5) is 22.2 Å². The molecule has 4 rings (SSSR count). The Balaban J connectivity index is 1.55. The fourth-order valence-corrected chi connectivity index (χ4v) is 3.08. The second-order valence-corrected chi connectivity index (χ2v) is 5.57. The molecule has 1 fully saturated rings. The summed E-state index contributed by atoms with van der Waals surface area (Å²) in [7, 11) is 0. The fourth-order valence-electron chi connectivity index (χ4n) is 3.08. The smallest absolute Gasteiger partial charge is 0.328 e. The standard InChI is InChI=1S/C15H18N6O/c22-15(21-11-10-20-9-6-17-14(20)21)18-12-4-3-5-16-13(12)19-7-1-2-8-19/h3-6,9H,1-2,7-8,10-11H2,(H,18,22). The van der Waals surface area contributed by atoms with Crippen molar-refractivity contribution in [1.82, 2.24) is 14.5 Å². The van der Waals surface area contributed by atoms with Crippen LogP contribution in [0.2, 0.25) is 0 Å². The van der Waals surface area contributed by atoms with Crippen LogP contribution >= 0.6 is 0 Å². The molecule has 0 radical (unpaired) electrons. The van der Waals surface area contributed by atoms with Gasteiger partial charge in [0.25, 0.3) is 0 Å². The van der Waals surface area contributed by atoms with E-state index in [1.807, 2.05) is 22.9 Å². The van der Waals surface area contributed by atoms with Crippen LogP contribution in [0.3, 0.4) is 0 Å². The minimum atomic E-state index is -0.154. The Labute approximate surface area is 128 Å². The number of carbonyl (C=O) groups excluding carboxylic acids is 1. The Kier molecular flexibility index (Phi) is 3.17. The highest BCUT2D eigenvalue weighted by Crippen LogP contribution is 2.27. The van der Waals surface area contributed by atoms with Crippen LogP contribution in [0, 0.1) is 0 Å². The first-order chi connectivity index (χ1) is 10.8. The molecule has 114 valence electrons. The van der Waals surface area contributed by atoms with Gasteiger partial charge < -0.3 is 14.8 Å². The van der Waals surface area contributed by atoms with Crippen molar-refractivity contribution in [2.24, 2.45) is 0 Å². The lowest BCUT2D eigenvalue weighted by Gasteiger charge is -2.21. The van der Waals surface area contributed by atoms with E-state index < -0.39 is 0 Å². The third-order valence-electron chi connectivity index (χ3n) is 4.18. The van der Waals surface area contributed by atoms with Gasteiger partial charge >= 0.3 is 6.03 Å². The van der Waals surface area contributed by atoms with Gasteiger partial charge in [-0.2, -0.15) is 0 Å². The highest BCUT2D eigenvalue weighted by Gasteiger charge is 2.27. The molecule has 2 amide bonds. The van der Waals surface area contributed by atoms with Crippen LogP contribution in [0.5, 0.6) is 0 Å². The van der Waals surface area contributed by atoms with Crippen LogP contribution in [0.1, 0.15) is 12.8 Å². The molecule has 0 aliphatic carbocycles. The molecule has 0 bridgehead atoms. The fraction of sp³-hybridized carbons (Fsp3) is 0.400. The molecule has 0 spiro atoms. The normalized spacial score (nSPS) is 16.9. The van der Waals surface area contributed by atoms with Gasteiger partial charge in [0, 0.05) is 44.8 Å². The molecule has 2 aromatic heterocycles. The number of nitrogens with zero attached hydrogens (tertiary/aromatic N) is 5. The number of imidazole rings is 1. The molecule has 0 aromatic carbocycles. The van der Waals surface area contributed by atoms with Crippen molar-refractivity contribution in [2.45, 2.75) is 19.4 Å². The number of carbonyl (C=O) groups is 1. The summed E-state index contributed by atoms with van der Waals surface area (Å²) in [6.45, 7) is 3.42. The first kappa shape index (κ1) is 13.1. The first-order valence-electron chi connectivity index (χ1n) is 7.62. The average molecular weight is 298 g/mol. The highest BCUT2D eigenvalue weighted by molar-refractivity contribution is 6.02. The quantitative estimate of drug-likeness (QED) is 0.920. The number of fused-ring (bicyclic) bond motifs is 1. The van der Waals surface area contributed by atoms with E-state index in [4.69, 9.17) is 0 Å². The number of hydrogen-bond acceptors (Lipinski definition) is 4. The second kappa shape index (κ2) is 5.32. The molecular weight excluding hydrogens is 280 g/mol. The number of pyridine rings is 1. The van der Waals surface area contributed by atoms with E-state index in [1.165, 1.54) is 12.8 Å².